The largest absolute Gasteiger partial charge is 0.487 e. The van der Waals surface area contributed by atoms with Crippen LogP contribution in [0.1, 0.15) is 35.2 Å². The van der Waals surface area contributed by atoms with Gasteiger partial charge >= 0.3 is 0 Å². The fourth-order valence-electron chi connectivity index (χ4n) is 1.86. The molecule has 1 heterocycles. The number of aryl methyl sites for hydroxylation is 3. The van der Waals surface area contributed by atoms with Gasteiger partial charge in [0.2, 0.25) is 0 Å². The van der Waals surface area contributed by atoms with E-state index in [9.17, 15) is 0 Å². The highest BCUT2D eigenvalue weighted by Gasteiger charge is 2.04. The normalized spacial score (nSPS) is 10.6. The topological polar surface area (TPSA) is 22.1 Å². The van der Waals surface area contributed by atoms with Crippen LogP contribution in [0.5, 0.6) is 5.75 Å². The van der Waals surface area contributed by atoms with Crippen LogP contribution in [-0.2, 0) is 13.0 Å². The van der Waals surface area contributed by atoms with Gasteiger partial charge in [-0.15, -0.1) is 11.3 Å². The maximum Gasteiger partial charge on any atom is 0.131 e. The van der Waals surface area contributed by atoms with Gasteiger partial charge in [0.15, 0.2) is 0 Å². The third-order valence-electron chi connectivity index (χ3n) is 2.77. The molecule has 0 saturated heterocycles. The van der Waals surface area contributed by atoms with Gasteiger partial charge in [-0.2, -0.15) is 0 Å². The van der Waals surface area contributed by atoms with Crippen LogP contribution in [0.25, 0.3) is 0 Å². The average molecular weight is 261 g/mol. The molecular weight excluding hydrogens is 242 g/mol. The molecule has 0 aliphatic rings. The Labute approximate surface area is 113 Å². The molecule has 96 valence electrons. The van der Waals surface area contributed by atoms with Crippen molar-refractivity contribution in [3.8, 4) is 5.75 Å². The third kappa shape index (κ3) is 3.33. The Bertz CT molecular complexity index is 519. The Hall–Kier alpha value is -1.35. The van der Waals surface area contributed by atoms with Crippen LogP contribution >= 0.6 is 11.3 Å². The van der Waals surface area contributed by atoms with Gasteiger partial charge in [-0.1, -0.05) is 24.6 Å². The summed E-state index contributed by atoms with van der Waals surface area (Å²) in [6.45, 7) is 6.90. The zero-order chi connectivity index (χ0) is 13.0. The summed E-state index contributed by atoms with van der Waals surface area (Å²) in [4.78, 5) is 4.56. The molecule has 1 aromatic carbocycles. The minimum absolute atomic E-state index is 0.560. The number of ether oxygens (including phenoxy) is 1. The number of thiazole rings is 1. The number of hydrogen-bond donors (Lipinski definition) is 0. The summed E-state index contributed by atoms with van der Waals surface area (Å²) < 4.78 is 5.81. The van der Waals surface area contributed by atoms with Crippen molar-refractivity contribution in [3.05, 3.63) is 45.4 Å². The van der Waals surface area contributed by atoms with Crippen LogP contribution in [0.15, 0.2) is 23.6 Å². The van der Waals surface area contributed by atoms with Crippen LogP contribution in [0.3, 0.4) is 0 Å². The lowest BCUT2D eigenvalue weighted by atomic mass is 10.1. The predicted octanol–water partition coefficient (Wildman–Crippen LogP) is 4.29. The minimum atomic E-state index is 0.560. The summed E-state index contributed by atoms with van der Waals surface area (Å²) in [5, 5.41) is 3.30. The highest BCUT2D eigenvalue weighted by atomic mass is 32.1. The van der Waals surface area contributed by atoms with Crippen molar-refractivity contribution < 1.29 is 4.74 Å². The molecule has 2 rings (SSSR count). The zero-order valence-electron chi connectivity index (χ0n) is 11.2. The van der Waals surface area contributed by atoms with E-state index in [1.54, 1.807) is 11.3 Å². The summed E-state index contributed by atoms with van der Waals surface area (Å²) >= 11 is 1.72. The smallest absolute Gasteiger partial charge is 0.131 e. The molecule has 0 radical (unpaired) electrons. The summed E-state index contributed by atoms with van der Waals surface area (Å²) in [5.41, 5.74) is 3.47. The van der Waals surface area contributed by atoms with E-state index in [-0.39, 0.29) is 0 Å². The van der Waals surface area contributed by atoms with Crippen LogP contribution in [-0.4, -0.2) is 4.98 Å². The molecule has 0 spiro atoms. The standard InChI is InChI=1S/C15H19NOS/c1-4-5-15-16-13(10-18-15)9-17-14-7-6-11(2)8-12(14)3/h6-8,10H,4-5,9H2,1-3H3. The minimum Gasteiger partial charge on any atom is -0.487 e. The molecule has 0 atom stereocenters. The van der Waals surface area contributed by atoms with Gasteiger partial charge in [-0.05, 0) is 38.3 Å². The SMILES string of the molecule is CCCc1nc(COc2ccc(C)cc2C)cs1. The van der Waals surface area contributed by atoms with E-state index >= 15 is 0 Å². The maximum atomic E-state index is 5.81. The molecular formula is C15H19NOS. The van der Waals surface area contributed by atoms with Crippen molar-refractivity contribution >= 4 is 11.3 Å². The van der Waals surface area contributed by atoms with Gasteiger partial charge in [0.25, 0.3) is 0 Å². The maximum absolute atomic E-state index is 5.81. The highest BCUT2D eigenvalue weighted by Crippen LogP contribution is 2.20. The quantitative estimate of drug-likeness (QED) is 0.801. The second kappa shape index (κ2) is 6.01. The van der Waals surface area contributed by atoms with Crippen molar-refractivity contribution in [1.29, 1.82) is 0 Å². The third-order valence-corrected chi connectivity index (χ3v) is 3.73. The lowest BCUT2D eigenvalue weighted by Gasteiger charge is -2.08. The molecule has 0 amide bonds. The van der Waals surface area contributed by atoms with E-state index in [0.717, 1.165) is 24.3 Å². The molecule has 2 nitrogen and oxygen atoms in total. The van der Waals surface area contributed by atoms with Gasteiger partial charge in [-0.3, -0.25) is 0 Å². The van der Waals surface area contributed by atoms with Gasteiger partial charge in [0.1, 0.15) is 12.4 Å². The second-order valence-electron chi connectivity index (χ2n) is 4.54. The number of hydrogen-bond acceptors (Lipinski definition) is 3. The van der Waals surface area contributed by atoms with Crippen LogP contribution in [0.4, 0.5) is 0 Å². The summed E-state index contributed by atoms with van der Waals surface area (Å²) in [7, 11) is 0. The molecule has 18 heavy (non-hydrogen) atoms. The van der Waals surface area contributed by atoms with Gasteiger partial charge in [0, 0.05) is 5.38 Å². The number of rotatable bonds is 5. The van der Waals surface area contributed by atoms with E-state index < -0.39 is 0 Å². The molecule has 0 fully saturated rings. The summed E-state index contributed by atoms with van der Waals surface area (Å²) in [5.74, 6) is 0.950. The highest BCUT2D eigenvalue weighted by molar-refractivity contribution is 7.09. The average Bonchev–Trinajstić information content (AvgIpc) is 2.76. The number of nitrogens with zero attached hydrogens (tertiary/aromatic N) is 1. The van der Waals surface area contributed by atoms with Crippen molar-refractivity contribution in [3.63, 3.8) is 0 Å². The molecule has 0 unspecified atom stereocenters. The Kier molecular flexibility index (Phi) is 4.37. The number of benzene rings is 1. The Morgan fingerprint density at radius 2 is 2.11 bits per heavy atom. The molecule has 0 aliphatic carbocycles. The Morgan fingerprint density at radius 3 is 2.83 bits per heavy atom. The van der Waals surface area contributed by atoms with Gasteiger partial charge < -0.3 is 4.74 Å². The van der Waals surface area contributed by atoms with Crippen LogP contribution in [0.2, 0.25) is 0 Å². The van der Waals surface area contributed by atoms with Crippen LogP contribution < -0.4 is 4.74 Å². The first-order chi connectivity index (χ1) is 8.69. The molecule has 0 bridgehead atoms. The lowest BCUT2D eigenvalue weighted by Crippen LogP contribution is -1.98. The van der Waals surface area contributed by atoms with Crippen LogP contribution in [0, 0.1) is 13.8 Å². The monoisotopic (exact) mass is 261 g/mol. The lowest BCUT2D eigenvalue weighted by molar-refractivity contribution is 0.300. The molecule has 3 heteroatoms. The molecule has 2 aromatic rings. The van der Waals surface area contributed by atoms with E-state index in [2.05, 4.69) is 43.3 Å². The molecule has 1 aromatic heterocycles. The Morgan fingerprint density at radius 1 is 1.28 bits per heavy atom. The number of aromatic nitrogens is 1. The fraction of sp³-hybridized carbons (Fsp3) is 0.400. The van der Waals surface area contributed by atoms with E-state index in [4.69, 9.17) is 4.74 Å². The molecule has 0 aliphatic heterocycles. The Balaban J connectivity index is 1.97. The zero-order valence-corrected chi connectivity index (χ0v) is 12.0. The first-order valence-electron chi connectivity index (χ1n) is 6.32. The summed E-state index contributed by atoms with van der Waals surface area (Å²) in [6.07, 6.45) is 2.21. The second-order valence-corrected chi connectivity index (χ2v) is 5.48. The molecule has 0 N–H and O–H groups in total. The van der Waals surface area contributed by atoms with Crippen molar-refractivity contribution in [2.45, 2.75) is 40.2 Å². The van der Waals surface area contributed by atoms with E-state index in [0.29, 0.717) is 6.61 Å². The van der Waals surface area contributed by atoms with Crippen molar-refractivity contribution in [2.75, 3.05) is 0 Å². The first-order valence-corrected chi connectivity index (χ1v) is 7.20. The van der Waals surface area contributed by atoms with Gasteiger partial charge in [0.05, 0.1) is 10.7 Å². The first kappa shape index (κ1) is 13.1. The molecule has 0 saturated carbocycles. The predicted molar refractivity (Wildman–Crippen MR) is 76.4 cm³/mol. The summed E-state index contributed by atoms with van der Waals surface area (Å²) in [6, 6.07) is 6.24. The van der Waals surface area contributed by atoms with Gasteiger partial charge in [-0.25, -0.2) is 4.98 Å². The van der Waals surface area contributed by atoms with Crippen molar-refractivity contribution in [1.82, 2.24) is 4.98 Å². The fourth-order valence-corrected chi connectivity index (χ4v) is 2.74. The van der Waals surface area contributed by atoms with E-state index in [1.807, 2.05) is 6.07 Å². The van der Waals surface area contributed by atoms with Crippen molar-refractivity contribution in [2.24, 2.45) is 0 Å². The van der Waals surface area contributed by atoms with E-state index in [1.165, 1.54) is 16.1 Å².